The lowest BCUT2D eigenvalue weighted by Gasteiger charge is -2.27. The molecule has 0 saturated heterocycles. The zero-order valence-electron chi connectivity index (χ0n) is 16.0. The highest BCUT2D eigenvalue weighted by molar-refractivity contribution is 5.56. The van der Waals surface area contributed by atoms with Crippen molar-refractivity contribution >= 4 is 0 Å². The SMILES string of the molecule is CCCCC(CC)CC1CCc2nc(-c3ccc(C#N)cc3)ncc2C1. The van der Waals surface area contributed by atoms with Crippen molar-refractivity contribution in [1.29, 1.82) is 5.26 Å². The highest BCUT2D eigenvalue weighted by Crippen LogP contribution is 2.32. The summed E-state index contributed by atoms with van der Waals surface area (Å²) < 4.78 is 0. The maximum atomic E-state index is 8.93. The molecule has 0 radical (unpaired) electrons. The van der Waals surface area contributed by atoms with Gasteiger partial charge in [0.25, 0.3) is 0 Å². The van der Waals surface area contributed by atoms with Gasteiger partial charge in [-0.15, -0.1) is 0 Å². The predicted molar refractivity (Wildman–Crippen MR) is 106 cm³/mol. The molecule has 0 amide bonds. The van der Waals surface area contributed by atoms with Crippen LogP contribution >= 0.6 is 0 Å². The van der Waals surface area contributed by atoms with E-state index in [1.165, 1.54) is 49.8 Å². The second-order valence-electron chi connectivity index (χ2n) is 7.62. The highest BCUT2D eigenvalue weighted by Gasteiger charge is 2.23. The Morgan fingerprint density at radius 1 is 1.23 bits per heavy atom. The molecule has 0 aliphatic heterocycles. The summed E-state index contributed by atoms with van der Waals surface area (Å²) in [5, 5.41) is 8.93. The largest absolute Gasteiger partial charge is 0.236 e. The number of nitriles is 1. The second-order valence-corrected chi connectivity index (χ2v) is 7.62. The molecule has 2 unspecified atom stereocenters. The number of aromatic nitrogens is 2. The standard InChI is InChI=1S/C23H29N3/c1-3-5-6-17(4-2)13-19-9-12-22-21(14-19)16-25-23(26-22)20-10-7-18(15-24)8-11-20/h7-8,10-11,16-17,19H,3-6,9,12-14H2,1-2H3. The van der Waals surface area contributed by atoms with Gasteiger partial charge in [-0.1, -0.05) is 39.5 Å². The van der Waals surface area contributed by atoms with Crippen LogP contribution in [0.5, 0.6) is 0 Å². The topological polar surface area (TPSA) is 49.6 Å². The summed E-state index contributed by atoms with van der Waals surface area (Å²) in [6, 6.07) is 9.68. The van der Waals surface area contributed by atoms with Crippen molar-refractivity contribution in [2.24, 2.45) is 11.8 Å². The number of benzene rings is 1. The molecule has 3 nitrogen and oxygen atoms in total. The number of fused-ring (bicyclic) bond motifs is 1. The number of unbranched alkanes of at least 4 members (excludes halogenated alkanes) is 1. The van der Waals surface area contributed by atoms with Gasteiger partial charge in [0.1, 0.15) is 0 Å². The lowest BCUT2D eigenvalue weighted by Crippen LogP contribution is -2.19. The van der Waals surface area contributed by atoms with Crippen LogP contribution < -0.4 is 0 Å². The van der Waals surface area contributed by atoms with E-state index < -0.39 is 0 Å². The van der Waals surface area contributed by atoms with Crippen LogP contribution in [0.25, 0.3) is 11.4 Å². The molecule has 1 aliphatic carbocycles. The van der Waals surface area contributed by atoms with Gasteiger partial charge in [-0.3, -0.25) is 0 Å². The summed E-state index contributed by atoms with van der Waals surface area (Å²) in [5.41, 5.74) is 4.21. The van der Waals surface area contributed by atoms with Crippen molar-refractivity contribution in [3.8, 4) is 17.5 Å². The first kappa shape index (κ1) is 18.6. The molecule has 0 saturated carbocycles. The van der Waals surface area contributed by atoms with Crippen LogP contribution in [0.4, 0.5) is 0 Å². The second kappa shape index (κ2) is 8.94. The van der Waals surface area contributed by atoms with Crippen molar-refractivity contribution in [3.05, 3.63) is 47.3 Å². The molecular weight excluding hydrogens is 318 g/mol. The third-order valence-electron chi connectivity index (χ3n) is 5.73. The van der Waals surface area contributed by atoms with Gasteiger partial charge in [-0.05, 0) is 67.3 Å². The van der Waals surface area contributed by atoms with Crippen LogP contribution in [-0.4, -0.2) is 9.97 Å². The molecule has 1 aliphatic rings. The number of hydrogen-bond acceptors (Lipinski definition) is 3. The molecular formula is C23H29N3. The van der Waals surface area contributed by atoms with E-state index >= 15 is 0 Å². The number of rotatable bonds is 7. The van der Waals surface area contributed by atoms with Crippen molar-refractivity contribution in [2.45, 2.75) is 65.2 Å². The minimum atomic E-state index is 0.670. The van der Waals surface area contributed by atoms with Gasteiger partial charge >= 0.3 is 0 Å². The molecule has 0 N–H and O–H groups in total. The average molecular weight is 348 g/mol. The third kappa shape index (κ3) is 4.49. The minimum absolute atomic E-state index is 0.670. The van der Waals surface area contributed by atoms with E-state index in [0.29, 0.717) is 5.56 Å². The van der Waals surface area contributed by atoms with Crippen LogP contribution in [0.1, 0.15) is 69.2 Å². The van der Waals surface area contributed by atoms with Crippen LogP contribution in [-0.2, 0) is 12.8 Å². The van der Waals surface area contributed by atoms with E-state index in [1.807, 2.05) is 30.5 Å². The Kier molecular flexibility index (Phi) is 6.39. The number of nitrogens with zero attached hydrogens (tertiary/aromatic N) is 3. The smallest absolute Gasteiger partial charge is 0.159 e. The Morgan fingerprint density at radius 2 is 2.04 bits per heavy atom. The van der Waals surface area contributed by atoms with Gasteiger partial charge in [0.15, 0.2) is 5.82 Å². The Morgan fingerprint density at radius 3 is 2.73 bits per heavy atom. The summed E-state index contributed by atoms with van der Waals surface area (Å²) in [6.45, 7) is 4.62. The molecule has 0 bridgehead atoms. The van der Waals surface area contributed by atoms with Gasteiger partial charge in [-0.25, -0.2) is 9.97 Å². The van der Waals surface area contributed by atoms with Crippen molar-refractivity contribution in [1.82, 2.24) is 9.97 Å². The summed E-state index contributed by atoms with van der Waals surface area (Å²) in [4.78, 5) is 9.44. The lowest BCUT2D eigenvalue weighted by atomic mass is 9.79. The van der Waals surface area contributed by atoms with Crippen molar-refractivity contribution in [3.63, 3.8) is 0 Å². The minimum Gasteiger partial charge on any atom is -0.236 e. The summed E-state index contributed by atoms with van der Waals surface area (Å²) in [5.74, 6) is 2.44. The summed E-state index contributed by atoms with van der Waals surface area (Å²) in [7, 11) is 0. The van der Waals surface area contributed by atoms with Crippen LogP contribution in [0.3, 0.4) is 0 Å². The molecule has 0 fully saturated rings. The molecule has 2 aromatic rings. The molecule has 3 rings (SSSR count). The fourth-order valence-electron chi connectivity index (χ4n) is 4.07. The van der Waals surface area contributed by atoms with Gasteiger partial charge in [0, 0.05) is 17.5 Å². The molecule has 1 aromatic heterocycles. The van der Waals surface area contributed by atoms with Crippen molar-refractivity contribution in [2.75, 3.05) is 0 Å². The highest BCUT2D eigenvalue weighted by atomic mass is 14.9. The monoisotopic (exact) mass is 347 g/mol. The van der Waals surface area contributed by atoms with E-state index in [1.54, 1.807) is 0 Å². The van der Waals surface area contributed by atoms with Gasteiger partial charge in [-0.2, -0.15) is 5.26 Å². The van der Waals surface area contributed by atoms with E-state index in [9.17, 15) is 0 Å². The fraction of sp³-hybridized carbons (Fsp3) is 0.522. The molecule has 1 aromatic carbocycles. The maximum Gasteiger partial charge on any atom is 0.159 e. The zero-order chi connectivity index (χ0) is 18.4. The number of aryl methyl sites for hydroxylation is 1. The van der Waals surface area contributed by atoms with E-state index in [-0.39, 0.29) is 0 Å². The Labute approximate surface area is 157 Å². The predicted octanol–water partition coefficient (Wildman–Crippen LogP) is 5.73. The Balaban J connectivity index is 1.68. The third-order valence-corrected chi connectivity index (χ3v) is 5.73. The molecule has 26 heavy (non-hydrogen) atoms. The van der Waals surface area contributed by atoms with Gasteiger partial charge in [0.2, 0.25) is 0 Å². The Bertz CT molecular complexity index is 758. The van der Waals surface area contributed by atoms with Gasteiger partial charge < -0.3 is 0 Å². The first-order valence-corrected chi connectivity index (χ1v) is 10.1. The fourth-order valence-corrected chi connectivity index (χ4v) is 4.07. The molecule has 1 heterocycles. The summed E-state index contributed by atoms with van der Waals surface area (Å²) in [6.07, 6.45) is 12.2. The van der Waals surface area contributed by atoms with E-state index in [2.05, 4.69) is 24.9 Å². The molecule has 2 atom stereocenters. The molecule has 3 heteroatoms. The van der Waals surface area contributed by atoms with Crippen LogP contribution in [0.2, 0.25) is 0 Å². The van der Waals surface area contributed by atoms with Crippen LogP contribution in [0.15, 0.2) is 30.5 Å². The lowest BCUT2D eigenvalue weighted by molar-refractivity contribution is 0.311. The molecule has 136 valence electrons. The van der Waals surface area contributed by atoms with Crippen LogP contribution in [0, 0.1) is 23.2 Å². The average Bonchev–Trinajstić information content (AvgIpc) is 2.70. The molecule has 0 spiro atoms. The quantitative estimate of drug-likeness (QED) is 0.643. The Hall–Kier alpha value is -2.21. The van der Waals surface area contributed by atoms with E-state index in [0.717, 1.165) is 36.1 Å². The van der Waals surface area contributed by atoms with E-state index in [4.69, 9.17) is 10.2 Å². The maximum absolute atomic E-state index is 8.93. The normalized spacial score (nSPS) is 17.3. The first-order chi connectivity index (χ1) is 12.7. The van der Waals surface area contributed by atoms with Crippen molar-refractivity contribution < 1.29 is 0 Å². The summed E-state index contributed by atoms with van der Waals surface area (Å²) >= 11 is 0. The first-order valence-electron chi connectivity index (χ1n) is 10.1. The number of hydrogen-bond donors (Lipinski definition) is 0. The van der Waals surface area contributed by atoms with Gasteiger partial charge in [0.05, 0.1) is 11.6 Å². The zero-order valence-corrected chi connectivity index (χ0v) is 16.0.